The molecule has 1 aliphatic rings. The van der Waals surface area contributed by atoms with Gasteiger partial charge >= 0.3 is 6.03 Å². The molecule has 10 heteroatoms. The van der Waals surface area contributed by atoms with Crippen molar-refractivity contribution in [2.45, 2.75) is 18.8 Å². The van der Waals surface area contributed by atoms with E-state index in [1.807, 2.05) is 11.4 Å². The summed E-state index contributed by atoms with van der Waals surface area (Å²) in [6.45, 7) is 1.31. The highest BCUT2D eigenvalue weighted by molar-refractivity contribution is 7.13. The zero-order valence-electron chi connectivity index (χ0n) is 13.6. The Morgan fingerprint density at radius 2 is 2.16 bits per heavy atom. The maximum absolute atomic E-state index is 12.3. The Labute approximate surface area is 147 Å². The molecule has 1 N–H and O–H groups in total. The summed E-state index contributed by atoms with van der Waals surface area (Å²) in [5, 5.41) is 18.1. The summed E-state index contributed by atoms with van der Waals surface area (Å²) in [4.78, 5) is 18.1. The van der Waals surface area contributed by atoms with Crippen LogP contribution in [0, 0.1) is 0 Å². The maximum atomic E-state index is 12.3. The van der Waals surface area contributed by atoms with Crippen LogP contribution in [0.2, 0.25) is 0 Å². The number of fused-ring (bicyclic) bond motifs is 1. The molecule has 0 spiro atoms. The average molecular weight is 359 g/mol. The van der Waals surface area contributed by atoms with Crippen LogP contribution < -0.4 is 10.1 Å². The molecule has 0 unspecified atom stereocenters. The van der Waals surface area contributed by atoms with E-state index in [4.69, 9.17) is 4.74 Å². The molecule has 1 saturated heterocycles. The topological polar surface area (TPSA) is 97.5 Å². The molecule has 1 aliphatic heterocycles. The summed E-state index contributed by atoms with van der Waals surface area (Å²) in [5.74, 6) is 1.54. The highest BCUT2D eigenvalue weighted by Crippen LogP contribution is 2.27. The van der Waals surface area contributed by atoms with Crippen LogP contribution in [0.1, 0.15) is 24.6 Å². The number of likely N-dealkylation sites (tertiary alicyclic amines) is 1. The molecule has 0 saturated carbocycles. The Morgan fingerprint density at radius 3 is 2.88 bits per heavy atom. The minimum Gasteiger partial charge on any atom is -0.480 e. The van der Waals surface area contributed by atoms with Crippen LogP contribution >= 0.6 is 11.3 Å². The van der Waals surface area contributed by atoms with Crippen molar-refractivity contribution in [2.24, 2.45) is 0 Å². The van der Waals surface area contributed by atoms with Crippen LogP contribution in [0.25, 0.3) is 5.65 Å². The number of carbonyl (C=O) groups excluding carboxylic acids is 1. The molecular weight excluding hydrogens is 342 g/mol. The van der Waals surface area contributed by atoms with Crippen LogP contribution in [0.4, 0.5) is 9.93 Å². The molecule has 3 aromatic heterocycles. The van der Waals surface area contributed by atoms with Crippen LogP contribution in [-0.2, 0) is 0 Å². The number of hydrogen-bond acceptors (Lipinski definition) is 7. The molecule has 0 bridgehead atoms. The van der Waals surface area contributed by atoms with Gasteiger partial charge in [0.05, 0.1) is 7.11 Å². The second-order valence-electron chi connectivity index (χ2n) is 5.73. The van der Waals surface area contributed by atoms with Crippen molar-refractivity contribution in [3.05, 3.63) is 29.5 Å². The molecule has 130 valence electrons. The van der Waals surface area contributed by atoms with E-state index in [1.54, 1.807) is 28.8 Å². The van der Waals surface area contributed by atoms with E-state index < -0.39 is 0 Å². The number of piperidine rings is 1. The van der Waals surface area contributed by atoms with Crippen molar-refractivity contribution in [3.63, 3.8) is 0 Å². The Hall–Kier alpha value is -2.75. The molecule has 4 rings (SSSR count). The minimum absolute atomic E-state index is 0.112. The summed E-state index contributed by atoms with van der Waals surface area (Å²) < 4.78 is 6.91. The van der Waals surface area contributed by atoms with E-state index in [1.165, 1.54) is 11.3 Å². The van der Waals surface area contributed by atoms with Gasteiger partial charge in [-0.2, -0.15) is 4.52 Å². The zero-order valence-corrected chi connectivity index (χ0v) is 14.4. The lowest BCUT2D eigenvalue weighted by Crippen LogP contribution is -2.40. The van der Waals surface area contributed by atoms with Gasteiger partial charge in [-0.15, -0.1) is 26.6 Å². The molecular formula is C15H17N7O2S. The standard InChI is InChI=1S/C15H17N7O2S/c1-24-12-3-2-11-18-19-13(22(11)20-12)10-4-7-21(8-5-10)15(23)17-14-16-6-9-25-14/h2-3,6,9-10H,4-5,7-8H2,1H3,(H,16,17,23). The number of amides is 2. The van der Waals surface area contributed by atoms with Gasteiger partial charge in [-0.25, -0.2) is 9.78 Å². The number of ether oxygens (including phenoxy) is 1. The number of hydrogen-bond donors (Lipinski definition) is 1. The largest absolute Gasteiger partial charge is 0.480 e. The SMILES string of the molecule is COc1ccc2nnc(C3CCN(C(=O)Nc4nccs4)CC3)n2n1. The van der Waals surface area contributed by atoms with Gasteiger partial charge in [0.2, 0.25) is 5.88 Å². The number of thiazole rings is 1. The van der Waals surface area contributed by atoms with Crippen LogP contribution in [0.3, 0.4) is 0 Å². The Balaban J connectivity index is 1.44. The van der Waals surface area contributed by atoms with Crippen LogP contribution in [0.15, 0.2) is 23.7 Å². The molecule has 0 radical (unpaired) electrons. The van der Waals surface area contributed by atoms with E-state index in [9.17, 15) is 4.79 Å². The zero-order chi connectivity index (χ0) is 17.2. The number of aromatic nitrogens is 5. The van der Waals surface area contributed by atoms with Gasteiger partial charge < -0.3 is 9.64 Å². The van der Waals surface area contributed by atoms with E-state index in [2.05, 4.69) is 25.6 Å². The van der Waals surface area contributed by atoms with Gasteiger partial charge in [-0.1, -0.05) is 0 Å². The van der Waals surface area contributed by atoms with Gasteiger partial charge in [0, 0.05) is 36.7 Å². The molecule has 0 atom stereocenters. The minimum atomic E-state index is -0.112. The number of urea groups is 1. The molecule has 4 heterocycles. The molecule has 2 amide bonds. The first-order valence-corrected chi connectivity index (χ1v) is 8.84. The van der Waals surface area contributed by atoms with Crippen LogP contribution in [0.5, 0.6) is 5.88 Å². The van der Waals surface area contributed by atoms with Crippen molar-refractivity contribution in [3.8, 4) is 5.88 Å². The molecule has 1 fully saturated rings. The number of nitrogens with zero attached hydrogens (tertiary/aromatic N) is 6. The predicted molar refractivity (Wildman–Crippen MR) is 92.0 cm³/mol. The third-order valence-corrected chi connectivity index (χ3v) is 4.95. The van der Waals surface area contributed by atoms with Crippen LogP contribution in [-0.4, -0.2) is 55.9 Å². The smallest absolute Gasteiger partial charge is 0.323 e. The first-order chi connectivity index (χ1) is 12.2. The second kappa shape index (κ2) is 6.63. The van der Waals surface area contributed by atoms with Gasteiger partial charge in [0.15, 0.2) is 16.6 Å². The Morgan fingerprint density at radius 1 is 1.32 bits per heavy atom. The summed E-state index contributed by atoms with van der Waals surface area (Å²) in [5.41, 5.74) is 0.694. The fourth-order valence-corrected chi connectivity index (χ4v) is 3.47. The van der Waals surface area contributed by atoms with Crippen molar-refractivity contribution >= 4 is 28.1 Å². The third-order valence-electron chi connectivity index (χ3n) is 4.27. The van der Waals surface area contributed by atoms with Gasteiger partial charge in [0.1, 0.15) is 0 Å². The van der Waals surface area contributed by atoms with E-state index >= 15 is 0 Å². The third kappa shape index (κ3) is 3.12. The highest BCUT2D eigenvalue weighted by atomic mass is 32.1. The maximum Gasteiger partial charge on any atom is 0.323 e. The van der Waals surface area contributed by atoms with Crippen molar-refractivity contribution in [2.75, 3.05) is 25.5 Å². The molecule has 0 aliphatic carbocycles. The van der Waals surface area contributed by atoms with Crippen molar-refractivity contribution in [1.82, 2.24) is 29.7 Å². The molecule has 0 aromatic carbocycles. The van der Waals surface area contributed by atoms with E-state index in [0.717, 1.165) is 18.7 Å². The average Bonchev–Trinajstić information content (AvgIpc) is 3.30. The van der Waals surface area contributed by atoms with E-state index in [0.29, 0.717) is 29.7 Å². The first-order valence-electron chi connectivity index (χ1n) is 7.96. The van der Waals surface area contributed by atoms with E-state index in [-0.39, 0.29) is 11.9 Å². The lowest BCUT2D eigenvalue weighted by Gasteiger charge is -2.30. The van der Waals surface area contributed by atoms with Crippen molar-refractivity contribution in [1.29, 1.82) is 0 Å². The number of rotatable bonds is 3. The monoisotopic (exact) mass is 359 g/mol. The fourth-order valence-electron chi connectivity index (χ4n) is 2.95. The molecule has 25 heavy (non-hydrogen) atoms. The molecule has 3 aromatic rings. The van der Waals surface area contributed by atoms with Gasteiger partial charge in [-0.3, -0.25) is 5.32 Å². The summed E-state index contributed by atoms with van der Waals surface area (Å²) in [6, 6.07) is 3.48. The predicted octanol–water partition coefficient (Wildman–Crippen LogP) is 2.00. The lowest BCUT2D eigenvalue weighted by molar-refractivity contribution is 0.193. The van der Waals surface area contributed by atoms with Gasteiger partial charge in [0.25, 0.3) is 0 Å². The number of methoxy groups -OCH3 is 1. The lowest BCUT2D eigenvalue weighted by atomic mass is 9.96. The number of anilines is 1. The normalized spacial score (nSPS) is 15.5. The van der Waals surface area contributed by atoms with Crippen molar-refractivity contribution < 1.29 is 9.53 Å². The highest BCUT2D eigenvalue weighted by Gasteiger charge is 2.27. The quantitative estimate of drug-likeness (QED) is 0.768. The Bertz CT molecular complexity index is 871. The number of carbonyl (C=O) groups is 1. The molecule has 9 nitrogen and oxygen atoms in total. The fraction of sp³-hybridized carbons (Fsp3) is 0.400. The Kier molecular flexibility index (Phi) is 4.18. The summed E-state index contributed by atoms with van der Waals surface area (Å²) in [6.07, 6.45) is 3.29. The summed E-state index contributed by atoms with van der Waals surface area (Å²) >= 11 is 1.41. The number of nitrogens with one attached hydrogen (secondary N) is 1. The second-order valence-corrected chi connectivity index (χ2v) is 6.63. The first kappa shape index (κ1) is 15.8. The van der Waals surface area contributed by atoms with Gasteiger partial charge in [-0.05, 0) is 18.9 Å². The summed E-state index contributed by atoms with van der Waals surface area (Å²) in [7, 11) is 1.58.